The summed E-state index contributed by atoms with van der Waals surface area (Å²) >= 11 is 1.75. The molecule has 2 aromatic rings. The lowest BCUT2D eigenvalue weighted by Crippen LogP contribution is -2.23. The molecule has 1 aromatic carbocycles. The molecule has 0 aliphatic heterocycles. The molecule has 1 heterocycles. The van der Waals surface area contributed by atoms with Crippen LogP contribution in [0.3, 0.4) is 0 Å². The van der Waals surface area contributed by atoms with Crippen molar-refractivity contribution in [3.05, 3.63) is 30.3 Å². The van der Waals surface area contributed by atoms with E-state index in [0.717, 1.165) is 22.7 Å². The van der Waals surface area contributed by atoms with E-state index in [1.54, 1.807) is 25.6 Å². The molecule has 4 heteroatoms. The van der Waals surface area contributed by atoms with Crippen molar-refractivity contribution in [2.75, 3.05) is 5.75 Å². The van der Waals surface area contributed by atoms with Gasteiger partial charge in [-0.1, -0.05) is 18.2 Å². The largest absolute Gasteiger partial charge is 0.481 e. The molecule has 0 bridgehead atoms. The first-order valence-electron chi connectivity index (χ1n) is 6.43. The highest BCUT2D eigenvalue weighted by Crippen LogP contribution is 2.27. The molecule has 0 saturated carbocycles. The van der Waals surface area contributed by atoms with E-state index in [9.17, 15) is 4.79 Å². The molecule has 0 fully saturated rings. The first-order chi connectivity index (χ1) is 8.99. The minimum Gasteiger partial charge on any atom is -0.481 e. The van der Waals surface area contributed by atoms with Gasteiger partial charge in [0.15, 0.2) is 0 Å². The van der Waals surface area contributed by atoms with Gasteiger partial charge in [-0.3, -0.25) is 4.79 Å². The zero-order valence-corrected chi connectivity index (χ0v) is 12.1. The lowest BCUT2D eigenvalue weighted by molar-refractivity contribution is -0.147. The minimum absolute atomic E-state index is 0.624. The molecular formula is C15H19NO2S. The third kappa shape index (κ3) is 3.53. The van der Waals surface area contributed by atoms with E-state index in [1.807, 2.05) is 12.1 Å². The van der Waals surface area contributed by atoms with Crippen molar-refractivity contribution in [3.8, 4) is 0 Å². The molecule has 0 amide bonds. The molecule has 0 spiro atoms. The highest BCUT2D eigenvalue weighted by atomic mass is 32.2. The van der Waals surface area contributed by atoms with Gasteiger partial charge in [-0.2, -0.15) is 0 Å². The summed E-state index contributed by atoms with van der Waals surface area (Å²) in [5.74, 6) is 0.215. The Hall–Kier alpha value is -1.42. The lowest BCUT2D eigenvalue weighted by Gasteiger charge is -2.18. The van der Waals surface area contributed by atoms with E-state index < -0.39 is 11.4 Å². The quantitative estimate of drug-likeness (QED) is 0.616. The van der Waals surface area contributed by atoms with E-state index in [2.05, 4.69) is 23.2 Å². The standard InChI is InChI=1S/C15H19NO2S/c1-15(2,14(17)18)8-5-9-19-13-10-11-6-3-4-7-12(11)16-13/h3-4,6-7,10,16H,5,8-9H2,1-2H3,(H,17,18). The van der Waals surface area contributed by atoms with Crippen molar-refractivity contribution < 1.29 is 9.90 Å². The average Bonchev–Trinajstić information content (AvgIpc) is 2.77. The Labute approximate surface area is 117 Å². The second-order valence-corrected chi connectivity index (χ2v) is 6.50. The highest BCUT2D eigenvalue weighted by Gasteiger charge is 2.26. The molecule has 0 atom stereocenters. The Morgan fingerprint density at radius 3 is 2.79 bits per heavy atom. The van der Waals surface area contributed by atoms with Crippen LogP contribution >= 0.6 is 11.8 Å². The number of aromatic amines is 1. The van der Waals surface area contributed by atoms with Gasteiger partial charge < -0.3 is 10.1 Å². The Bertz CT molecular complexity index is 541. The van der Waals surface area contributed by atoms with E-state index >= 15 is 0 Å². The van der Waals surface area contributed by atoms with Crippen LogP contribution in [0.2, 0.25) is 0 Å². The van der Waals surface area contributed by atoms with E-state index in [4.69, 9.17) is 5.11 Å². The Kier molecular flexibility index (Phi) is 4.20. The number of carbonyl (C=O) groups is 1. The highest BCUT2D eigenvalue weighted by molar-refractivity contribution is 7.99. The van der Waals surface area contributed by atoms with Crippen LogP contribution in [0.5, 0.6) is 0 Å². The number of H-pyrrole nitrogens is 1. The second-order valence-electron chi connectivity index (χ2n) is 5.36. The maximum absolute atomic E-state index is 11.0. The van der Waals surface area contributed by atoms with Crippen LogP contribution in [0.25, 0.3) is 10.9 Å². The van der Waals surface area contributed by atoms with Gasteiger partial charge in [0.1, 0.15) is 0 Å². The number of carboxylic acid groups (broad SMARTS) is 1. The SMILES string of the molecule is CC(C)(CCCSc1cc2ccccc2[nH]1)C(=O)O. The first-order valence-corrected chi connectivity index (χ1v) is 7.41. The number of carboxylic acids is 1. The summed E-state index contributed by atoms with van der Waals surface area (Å²) in [7, 11) is 0. The van der Waals surface area contributed by atoms with Crippen LogP contribution in [0.15, 0.2) is 35.4 Å². The van der Waals surface area contributed by atoms with Gasteiger partial charge in [0.2, 0.25) is 0 Å². The zero-order valence-electron chi connectivity index (χ0n) is 11.3. The predicted octanol–water partition coefficient (Wildman–Crippen LogP) is 4.15. The van der Waals surface area contributed by atoms with E-state index in [1.165, 1.54) is 5.39 Å². The number of aromatic nitrogens is 1. The van der Waals surface area contributed by atoms with Crippen LogP contribution in [0.4, 0.5) is 0 Å². The van der Waals surface area contributed by atoms with Gasteiger partial charge in [0.05, 0.1) is 10.4 Å². The topological polar surface area (TPSA) is 53.1 Å². The number of benzene rings is 1. The number of para-hydroxylation sites is 1. The molecule has 0 aliphatic carbocycles. The number of nitrogens with one attached hydrogen (secondary N) is 1. The van der Waals surface area contributed by atoms with Crippen molar-refractivity contribution in [1.29, 1.82) is 0 Å². The fraction of sp³-hybridized carbons (Fsp3) is 0.400. The van der Waals surface area contributed by atoms with Gasteiger partial charge in [-0.15, -0.1) is 11.8 Å². The van der Waals surface area contributed by atoms with E-state index in [-0.39, 0.29) is 0 Å². The molecule has 3 nitrogen and oxygen atoms in total. The van der Waals surface area contributed by atoms with Crippen molar-refractivity contribution in [3.63, 3.8) is 0 Å². The molecule has 2 rings (SSSR count). The van der Waals surface area contributed by atoms with Gasteiger partial charge in [0.25, 0.3) is 0 Å². The summed E-state index contributed by atoms with van der Waals surface area (Å²) in [5, 5.41) is 11.4. The molecule has 2 N–H and O–H groups in total. The molecular weight excluding hydrogens is 258 g/mol. The number of aliphatic carboxylic acids is 1. The van der Waals surface area contributed by atoms with Crippen molar-refractivity contribution in [2.24, 2.45) is 5.41 Å². The summed E-state index contributed by atoms with van der Waals surface area (Å²) in [4.78, 5) is 14.4. The summed E-state index contributed by atoms with van der Waals surface area (Å²) in [6, 6.07) is 10.3. The van der Waals surface area contributed by atoms with Crippen molar-refractivity contribution >= 4 is 28.6 Å². The van der Waals surface area contributed by atoms with Gasteiger partial charge >= 0.3 is 5.97 Å². The monoisotopic (exact) mass is 277 g/mol. The third-order valence-corrected chi connectivity index (χ3v) is 4.31. The summed E-state index contributed by atoms with van der Waals surface area (Å²) in [6.07, 6.45) is 1.61. The number of rotatable bonds is 6. The van der Waals surface area contributed by atoms with Crippen LogP contribution in [0.1, 0.15) is 26.7 Å². The molecule has 0 saturated heterocycles. The smallest absolute Gasteiger partial charge is 0.309 e. The van der Waals surface area contributed by atoms with Crippen LogP contribution < -0.4 is 0 Å². The second kappa shape index (κ2) is 5.70. The van der Waals surface area contributed by atoms with Crippen LogP contribution in [-0.4, -0.2) is 21.8 Å². The Morgan fingerprint density at radius 2 is 2.11 bits per heavy atom. The number of hydrogen-bond donors (Lipinski definition) is 2. The molecule has 0 aliphatic rings. The number of hydrogen-bond acceptors (Lipinski definition) is 2. The molecule has 0 radical (unpaired) electrons. The van der Waals surface area contributed by atoms with Gasteiger partial charge in [0, 0.05) is 10.9 Å². The predicted molar refractivity (Wildman–Crippen MR) is 79.7 cm³/mol. The maximum atomic E-state index is 11.0. The minimum atomic E-state index is -0.719. The molecule has 19 heavy (non-hydrogen) atoms. The number of fused-ring (bicyclic) bond motifs is 1. The molecule has 0 unspecified atom stereocenters. The van der Waals surface area contributed by atoms with Gasteiger partial charge in [-0.25, -0.2) is 0 Å². The summed E-state index contributed by atoms with van der Waals surface area (Å²) in [6.45, 7) is 3.56. The fourth-order valence-corrected chi connectivity index (χ4v) is 2.83. The van der Waals surface area contributed by atoms with E-state index in [0.29, 0.717) is 6.42 Å². The fourth-order valence-electron chi connectivity index (χ4n) is 1.93. The summed E-state index contributed by atoms with van der Waals surface area (Å²) in [5.41, 5.74) is 0.525. The van der Waals surface area contributed by atoms with Crippen molar-refractivity contribution in [2.45, 2.75) is 31.7 Å². The molecule has 102 valence electrons. The normalized spacial score (nSPS) is 11.9. The van der Waals surface area contributed by atoms with Crippen LogP contribution in [-0.2, 0) is 4.79 Å². The van der Waals surface area contributed by atoms with Crippen molar-refractivity contribution in [1.82, 2.24) is 4.98 Å². The Morgan fingerprint density at radius 1 is 1.37 bits per heavy atom. The zero-order chi connectivity index (χ0) is 13.9. The number of thioether (sulfide) groups is 1. The third-order valence-electron chi connectivity index (χ3n) is 3.29. The van der Waals surface area contributed by atoms with Gasteiger partial charge in [-0.05, 0) is 44.6 Å². The Balaban J connectivity index is 1.84. The maximum Gasteiger partial charge on any atom is 0.309 e. The average molecular weight is 277 g/mol. The lowest BCUT2D eigenvalue weighted by atomic mass is 9.88. The first kappa shape index (κ1) is 14.0. The summed E-state index contributed by atoms with van der Waals surface area (Å²) < 4.78 is 0. The van der Waals surface area contributed by atoms with Crippen LogP contribution in [0, 0.1) is 5.41 Å². The molecule has 1 aromatic heterocycles.